The average Bonchev–Trinajstić information content (AvgIpc) is 2.26. The molecule has 2 nitrogen and oxygen atoms in total. The SMILES string of the molecule is CCc1cccc(C)c1NCC(C)C(N)=S. The third-order valence-electron chi connectivity index (χ3n) is 2.81. The zero-order valence-corrected chi connectivity index (χ0v) is 11.0. The minimum absolute atomic E-state index is 0.222. The van der Waals surface area contributed by atoms with Gasteiger partial charge in [0.2, 0.25) is 0 Å². The van der Waals surface area contributed by atoms with Crippen LogP contribution in [0.4, 0.5) is 5.69 Å². The van der Waals surface area contributed by atoms with Crippen molar-refractivity contribution in [1.29, 1.82) is 0 Å². The molecule has 0 bridgehead atoms. The topological polar surface area (TPSA) is 38.0 Å². The fraction of sp³-hybridized carbons (Fsp3) is 0.462. The van der Waals surface area contributed by atoms with E-state index >= 15 is 0 Å². The van der Waals surface area contributed by atoms with Crippen molar-refractivity contribution < 1.29 is 0 Å². The van der Waals surface area contributed by atoms with Crippen LogP contribution in [-0.4, -0.2) is 11.5 Å². The molecular weight excluding hydrogens is 216 g/mol. The molecule has 1 rings (SSSR count). The van der Waals surface area contributed by atoms with Crippen molar-refractivity contribution in [3.63, 3.8) is 0 Å². The molecule has 0 aliphatic heterocycles. The van der Waals surface area contributed by atoms with Crippen LogP contribution in [0.5, 0.6) is 0 Å². The van der Waals surface area contributed by atoms with E-state index in [0.29, 0.717) is 4.99 Å². The van der Waals surface area contributed by atoms with Crippen LogP contribution in [0.2, 0.25) is 0 Å². The number of thiocarbonyl (C=S) groups is 1. The van der Waals surface area contributed by atoms with Crippen molar-refractivity contribution in [1.82, 2.24) is 0 Å². The summed E-state index contributed by atoms with van der Waals surface area (Å²) in [5, 5.41) is 3.45. The first-order valence-corrected chi connectivity index (χ1v) is 6.08. The van der Waals surface area contributed by atoms with Gasteiger partial charge in [0.1, 0.15) is 0 Å². The summed E-state index contributed by atoms with van der Waals surface area (Å²) >= 11 is 4.97. The smallest absolute Gasteiger partial charge is 0.0773 e. The number of nitrogens with two attached hydrogens (primary N) is 1. The van der Waals surface area contributed by atoms with Crippen molar-refractivity contribution in [3.8, 4) is 0 Å². The predicted molar refractivity (Wildman–Crippen MR) is 75.0 cm³/mol. The fourth-order valence-corrected chi connectivity index (χ4v) is 1.72. The molecular formula is C13H20N2S. The Bertz CT molecular complexity index is 374. The normalized spacial score (nSPS) is 12.2. The number of hydrogen-bond donors (Lipinski definition) is 2. The molecule has 16 heavy (non-hydrogen) atoms. The summed E-state index contributed by atoms with van der Waals surface area (Å²) < 4.78 is 0. The molecule has 0 radical (unpaired) electrons. The largest absolute Gasteiger partial charge is 0.393 e. The standard InChI is InChI=1S/C13H20N2S/c1-4-11-7-5-6-9(2)12(11)15-8-10(3)13(14)16/h5-7,10,15H,4,8H2,1-3H3,(H2,14,16). The number of anilines is 1. The Kier molecular flexibility index (Phi) is 4.74. The summed E-state index contributed by atoms with van der Waals surface area (Å²) in [5.74, 6) is 0.222. The second-order valence-corrected chi connectivity index (χ2v) is 4.62. The van der Waals surface area contributed by atoms with Gasteiger partial charge in [-0.15, -0.1) is 0 Å². The van der Waals surface area contributed by atoms with E-state index in [1.54, 1.807) is 0 Å². The van der Waals surface area contributed by atoms with Crippen molar-refractivity contribution in [3.05, 3.63) is 29.3 Å². The molecule has 0 aliphatic rings. The lowest BCUT2D eigenvalue weighted by atomic mass is 10.0. The number of hydrogen-bond acceptors (Lipinski definition) is 2. The maximum atomic E-state index is 5.60. The predicted octanol–water partition coefficient (Wildman–Crippen LogP) is 2.89. The van der Waals surface area contributed by atoms with Gasteiger partial charge in [-0.25, -0.2) is 0 Å². The molecule has 0 saturated carbocycles. The molecule has 0 aliphatic carbocycles. The molecule has 3 N–H and O–H groups in total. The van der Waals surface area contributed by atoms with Crippen molar-refractivity contribution in [2.45, 2.75) is 27.2 Å². The maximum absolute atomic E-state index is 5.60. The van der Waals surface area contributed by atoms with Crippen molar-refractivity contribution >= 4 is 22.9 Å². The van der Waals surface area contributed by atoms with E-state index in [9.17, 15) is 0 Å². The summed E-state index contributed by atoms with van der Waals surface area (Å²) in [7, 11) is 0. The number of nitrogens with one attached hydrogen (secondary N) is 1. The molecule has 1 atom stereocenters. The van der Waals surface area contributed by atoms with Gasteiger partial charge in [0.15, 0.2) is 0 Å². The number of benzene rings is 1. The summed E-state index contributed by atoms with van der Waals surface area (Å²) in [5.41, 5.74) is 9.45. The highest BCUT2D eigenvalue weighted by Gasteiger charge is 2.07. The van der Waals surface area contributed by atoms with Gasteiger partial charge >= 0.3 is 0 Å². The molecule has 0 fully saturated rings. The van der Waals surface area contributed by atoms with Crippen LogP contribution in [0.25, 0.3) is 0 Å². The summed E-state index contributed by atoms with van der Waals surface area (Å²) in [6, 6.07) is 6.37. The Morgan fingerprint density at radius 2 is 2.19 bits per heavy atom. The zero-order valence-electron chi connectivity index (χ0n) is 10.2. The third-order valence-corrected chi connectivity index (χ3v) is 3.21. The van der Waals surface area contributed by atoms with Crippen molar-refractivity contribution in [2.75, 3.05) is 11.9 Å². The molecule has 3 heteroatoms. The van der Waals surface area contributed by atoms with Crippen LogP contribution < -0.4 is 11.1 Å². The van der Waals surface area contributed by atoms with Gasteiger partial charge in [0.25, 0.3) is 0 Å². The van der Waals surface area contributed by atoms with Crippen LogP contribution >= 0.6 is 12.2 Å². The molecule has 0 amide bonds. The molecule has 0 aromatic heterocycles. The highest BCUT2D eigenvalue weighted by molar-refractivity contribution is 7.80. The quantitative estimate of drug-likeness (QED) is 0.772. The summed E-state index contributed by atoms with van der Waals surface area (Å²) in [6.45, 7) is 7.12. The monoisotopic (exact) mass is 236 g/mol. The van der Waals surface area contributed by atoms with E-state index in [4.69, 9.17) is 18.0 Å². The first kappa shape index (κ1) is 13.0. The van der Waals surface area contributed by atoms with E-state index in [-0.39, 0.29) is 5.92 Å². The number of rotatable bonds is 5. The first-order chi connectivity index (χ1) is 7.56. The Balaban J connectivity index is 2.76. The van der Waals surface area contributed by atoms with Gasteiger partial charge < -0.3 is 11.1 Å². The number of aryl methyl sites for hydroxylation is 2. The summed E-state index contributed by atoms with van der Waals surface area (Å²) in [4.78, 5) is 0.569. The maximum Gasteiger partial charge on any atom is 0.0773 e. The minimum Gasteiger partial charge on any atom is -0.393 e. The molecule has 1 unspecified atom stereocenters. The molecule has 88 valence electrons. The van der Waals surface area contributed by atoms with E-state index in [0.717, 1.165) is 13.0 Å². The Hall–Kier alpha value is -1.09. The molecule has 0 saturated heterocycles. The van der Waals surface area contributed by atoms with Gasteiger partial charge in [-0.1, -0.05) is 44.3 Å². The zero-order chi connectivity index (χ0) is 12.1. The van der Waals surface area contributed by atoms with Gasteiger partial charge in [-0.2, -0.15) is 0 Å². The highest BCUT2D eigenvalue weighted by Crippen LogP contribution is 2.21. The van der Waals surface area contributed by atoms with Gasteiger partial charge in [0, 0.05) is 18.2 Å². The van der Waals surface area contributed by atoms with E-state index in [2.05, 4.69) is 37.4 Å². The Morgan fingerprint density at radius 1 is 1.50 bits per heavy atom. The first-order valence-electron chi connectivity index (χ1n) is 5.68. The van der Waals surface area contributed by atoms with E-state index in [1.165, 1.54) is 16.8 Å². The van der Waals surface area contributed by atoms with Gasteiger partial charge in [-0.05, 0) is 24.5 Å². The average molecular weight is 236 g/mol. The van der Waals surface area contributed by atoms with Crippen molar-refractivity contribution in [2.24, 2.45) is 11.7 Å². The Morgan fingerprint density at radius 3 is 2.75 bits per heavy atom. The van der Waals surface area contributed by atoms with Crippen LogP contribution in [-0.2, 0) is 6.42 Å². The Labute approximate surface area is 103 Å². The lowest BCUT2D eigenvalue weighted by molar-refractivity contribution is 0.818. The lowest BCUT2D eigenvalue weighted by Gasteiger charge is -2.16. The van der Waals surface area contributed by atoms with E-state index in [1.807, 2.05) is 6.92 Å². The van der Waals surface area contributed by atoms with Gasteiger partial charge in [0.05, 0.1) is 4.99 Å². The molecule has 0 spiro atoms. The van der Waals surface area contributed by atoms with Gasteiger partial charge in [-0.3, -0.25) is 0 Å². The van der Waals surface area contributed by atoms with E-state index < -0.39 is 0 Å². The highest BCUT2D eigenvalue weighted by atomic mass is 32.1. The molecule has 1 aromatic carbocycles. The summed E-state index contributed by atoms with van der Waals surface area (Å²) in [6.07, 6.45) is 1.03. The number of para-hydroxylation sites is 1. The fourth-order valence-electron chi connectivity index (χ4n) is 1.63. The second kappa shape index (κ2) is 5.85. The van der Waals surface area contributed by atoms with Crippen LogP contribution in [0.15, 0.2) is 18.2 Å². The van der Waals surface area contributed by atoms with Crippen LogP contribution in [0.3, 0.4) is 0 Å². The molecule has 0 heterocycles. The third kappa shape index (κ3) is 3.20. The lowest BCUT2D eigenvalue weighted by Crippen LogP contribution is -2.25. The minimum atomic E-state index is 0.222. The van der Waals surface area contributed by atoms with Crippen LogP contribution in [0, 0.1) is 12.8 Å². The molecule has 1 aromatic rings. The van der Waals surface area contributed by atoms with Crippen LogP contribution in [0.1, 0.15) is 25.0 Å². The second-order valence-electron chi connectivity index (χ2n) is 4.15.